The van der Waals surface area contributed by atoms with Gasteiger partial charge in [-0.1, -0.05) is 72.8 Å². The molecule has 0 radical (unpaired) electrons. The topological polar surface area (TPSA) is 38.8 Å². The molecule has 4 heteroatoms. The summed E-state index contributed by atoms with van der Waals surface area (Å²) in [5.74, 6) is 0.0917. The van der Waals surface area contributed by atoms with Gasteiger partial charge in [0.2, 0.25) is 0 Å². The van der Waals surface area contributed by atoms with Gasteiger partial charge in [0.25, 0.3) is 0 Å². The second kappa shape index (κ2) is 7.34. The minimum absolute atomic E-state index is 0.0354. The van der Waals surface area contributed by atoms with Crippen molar-refractivity contribution in [2.24, 2.45) is 0 Å². The van der Waals surface area contributed by atoms with Crippen LogP contribution < -0.4 is 0 Å². The van der Waals surface area contributed by atoms with Gasteiger partial charge in [-0.15, -0.1) is 0 Å². The first-order valence-electron chi connectivity index (χ1n) is 9.03. The zero-order valence-corrected chi connectivity index (χ0v) is 14.8. The minimum Gasteiger partial charge on any atom is -0.453 e. The summed E-state index contributed by atoms with van der Waals surface area (Å²) in [7, 11) is 1.44. The van der Waals surface area contributed by atoms with Crippen LogP contribution in [0.3, 0.4) is 0 Å². The molecule has 26 heavy (non-hydrogen) atoms. The zero-order chi connectivity index (χ0) is 17.9. The molecule has 0 spiro atoms. The van der Waals surface area contributed by atoms with Crippen LogP contribution in [-0.4, -0.2) is 36.3 Å². The van der Waals surface area contributed by atoms with Gasteiger partial charge in [0.15, 0.2) is 0 Å². The number of piperidine rings is 1. The van der Waals surface area contributed by atoms with Crippen LogP contribution in [0, 0.1) is 0 Å². The van der Waals surface area contributed by atoms with Crippen molar-refractivity contribution in [3.05, 3.63) is 83.9 Å². The van der Waals surface area contributed by atoms with Gasteiger partial charge >= 0.3 is 6.09 Å². The molecular weight excluding hydrogens is 326 g/mol. The van der Waals surface area contributed by atoms with Crippen LogP contribution >= 0.6 is 0 Å². The standard InChI is InChI=1S/C22H23NO3/c1-25-22(24)23-18-12-13-19(23)21(17-10-6-3-7-11-17)20(14-18)26-15-16-8-4-2-5-9-16/h2-13,18-21H,14-15H2,1H3/t18-,19+,20+,21-/m1/s1. The van der Waals surface area contributed by atoms with Crippen LogP contribution in [0.4, 0.5) is 4.79 Å². The Balaban J connectivity index is 1.60. The molecule has 0 N–H and O–H groups in total. The average molecular weight is 349 g/mol. The molecular formula is C22H23NO3. The van der Waals surface area contributed by atoms with Gasteiger partial charge in [0, 0.05) is 5.92 Å². The molecule has 0 unspecified atom stereocenters. The fourth-order valence-corrected chi connectivity index (χ4v) is 4.14. The second-order valence-electron chi connectivity index (χ2n) is 6.83. The smallest absolute Gasteiger partial charge is 0.410 e. The number of nitrogens with zero attached hydrogens (tertiary/aromatic N) is 1. The van der Waals surface area contributed by atoms with E-state index < -0.39 is 0 Å². The van der Waals surface area contributed by atoms with Crippen LogP contribution in [0.25, 0.3) is 0 Å². The lowest BCUT2D eigenvalue weighted by Crippen LogP contribution is -2.53. The molecule has 0 aromatic heterocycles. The molecule has 2 aliphatic heterocycles. The van der Waals surface area contributed by atoms with Crippen LogP contribution in [-0.2, 0) is 16.1 Å². The van der Waals surface area contributed by atoms with Crippen LogP contribution in [0.5, 0.6) is 0 Å². The maximum Gasteiger partial charge on any atom is 0.410 e. The van der Waals surface area contributed by atoms with E-state index in [-0.39, 0.29) is 30.2 Å². The first-order valence-corrected chi connectivity index (χ1v) is 9.03. The van der Waals surface area contributed by atoms with Crippen molar-refractivity contribution in [2.75, 3.05) is 7.11 Å². The van der Waals surface area contributed by atoms with Crippen molar-refractivity contribution in [1.82, 2.24) is 4.90 Å². The molecule has 2 aromatic rings. The normalized spacial score (nSPS) is 26.7. The number of methoxy groups -OCH3 is 1. The third kappa shape index (κ3) is 3.13. The average Bonchev–Trinajstić information content (AvgIpc) is 3.01. The van der Waals surface area contributed by atoms with E-state index in [2.05, 4.69) is 36.4 Å². The van der Waals surface area contributed by atoms with Crippen LogP contribution in [0.15, 0.2) is 72.8 Å². The lowest BCUT2D eigenvalue weighted by Gasteiger charge is -2.44. The Labute approximate surface area is 154 Å². The van der Waals surface area contributed by atoms with Crippen molar-refractivity contribution < 1.29 is 14.3 Å². The Morgan fingerprint density at radius 2 is 1.73 bits per heavy atom. The summed E-state index contributed by atoms with van der Waals surface area (Å²) in [5, 5.41) is 0. The van der Waals surface area contributed by atoms with Gasteiger partial charge in [-0.25, -0.2) is 4.79 Å². The number of amides is 1. The number of ether oxygens (including phenoxy) is 2. The highest BCUT2D eigenvalue weighted by Crippen LogP contribution is 2.42. The lowest BCUT2D eigenvalue weighted by atomic mass is 9.81. The number of carbonyl (C=O) groups excluding carboxylic acids is 1. The molecule has 1 fully saturated rings. The molecule has 0 saturated carbocycles. The van der Waals surface area contributed by atoms with Gasteiger partial charge < -0.3 is 9.47 Å². The third-order valence-corrected chi connectivity index (χ3v) is 5.33. The predicted molar refractivity (Wildman–Crippen MR) is 99.8 cm³/mol. The Bertz CT molecular complexity index is 774. The second-order valence-corrected chi connectivity index (χ2v) is 6.83. The minimum atomic E-state index is -0.271. The highest BCUT2D eigenvalue weighted by molar-refractivity contribution is 5.70. The molecule has 1 saturated heterocycles. The van der Waals surface area contributed by atoms with Gasteiger partial charge in [-0.2, -0.15) is 0 Å². The van der Waals surface area contributed by atoms with Crippen molar-refractivity contribution in [2.45, 2.75) is 37.1 Å². The molecule has 4 rings (SSSR count). The predicted octanol–water partition coefficient (Wildman–Crippen LogP) is 4.13. The van der Waals surface area contributed by atoms with Crippen molar-refractivity contribution in [1.29, 1.82) is 0 Å². The zero-order valence-electron chi connectivity index (χ0n) is 14.8. The largest absolute Gasteiger partial charge is 0.453 e. The van der Waals surface area contributed by atoms with E-state index in [9.17, 15) is 4.79 Å². The van der Waals surface area contributed by atoms with Gasteiger partial charge in [-0.3, -0.25) is 4.90 Å². The molecule has 2 bridgehead atoms. The Morgan fingerprint density at radius 1 is 1.04 bits per heavy atom. The summed E-state index contributed by atoms with van der Waals surface area (Å²) in [5.41, 5.74) is 2.35. The number of hydrogen-bond donors (Lipinski definition) is 0. The van der Waals surface area contributed by atoms with E-state index in [1.807, 2.05) is 41.3 Å². The molecule has 4 nitrogen and oxygen atoms in total. The summed E-state index contributed by atoms with van der Waals surface area (Å²) in [4.78, 5) is 14.2. The first-order chi connectivity index (χ1) is 12.8. The van der Waals surface area contributed by atoms with E-state index in [1.165, 1.54) is 12.7 Å². The molecule has 2 aromatic carbocycles. The molecule has 4 atom stereocenters. The molecule has 2 heterocycles. The van der Waals surface area contributed by atoms with Gasteiger partial charge in [-0.05, 0) is 17.5 Å². The summed E-state index contributed by atoms with van der Waals surface area (Å²) in [6.07, 6.45) is 4.79. The Kier molecular flexibility index (Phi) is 4.76. The summed E-state index contributed by atoms with van der Waals surface area (Å²) >= 11 is 0. The highest BCUT2D eigenvalue weighted by atomic mass is 16.5. The van der Waals surface area contributed by atoms with E-state index in [0.717, 1.165) is 12.0 Å². The van der Waals surface area contributed by atoms with Crippen LogP contribution in [0.2, 0.25) is 0 Å². The van der Waals surface area contributed by atoms with Crippen molar-refractivity contribution >= 4 is 6.09 Å². The summed E-state index contributed by atoms with van der Waals surface area (Å²) in [6, 6.07) is 20.5. The van der Waals surface area contributed by atoms with E-state index in [0.29, 0.717) is 6.61 Å². The quantitative estimate of drug-likeness (QED) is 0.779. The maximum absolute atomic E-state index is 12.3. The summed E-state index contributed by atoms with van der Waals surface area (Å²) < 4.78 is 11.4. The Morgan fingerprint density at radius 3 is 2.42 bits per heavy atom. The highest BCUT2D eigenvalue weighted by Gasteiger charge is 2.48. The van der Waals surface area contributed by atoms with E-state index >= 15 is 0 Å². The summed E-state index contributed by atoms with van der Waals surface area (Å²) in [6.45, 7) is 0.576. The fraction of sp³-hybridized carbons (Fsp3) is 0.318. The number of fused-ring (bicyclic) bond motifs is 2. The van der Waals surface area contributed by atoms with Gasteiger partial charge in [0.1, 0.15) is 0 Å². The van der Waals surface area contributed by atoms with Crippen LogP contribution in [0.1, 0.15) is 23.5 Å². The molecule has 134 valence electrons. The van der Waals surface area contributed by atoms with Crippen molar-refractivity contribution in [3.63, 3.8) is 0 Å². The monoisotopic (exact) mass is 349 g/mol. The molecule has 0 aliphatic carbocycles. The number of benzene rings is 2. The fourth-order valence-electron chi connectivity index (χ4n) is 4.14. The number of rotatable bonds is 4. The van der Waals surface area contributed by atoms with E-state index in [1.54, 1.807) is 0 Å². The lowest BCUT2D eigenvalue weighted by molar-refractivity contribution is -0.0360. The van der Waals surface area contributed by atoms with E-state index in [4.69, 9.17) is 9.47 Å². The number of hydrogen-bond acceptors (Lipinski definition) is 3. The third-order valence-electron chi connectivity index (χ3n) is 5.33. The SMILES string of the molecule is COC(=O)N1[C@@H]2C=C[C@H]1[C@@H](c1ccccc1)[C@@H](OCc1ccccc1)C2. The Hall–Kier alpha value is -2.59. The molecule has 1 amide bonds. The van der Waals surface area contributed by atoms with Crippen molar-refractivity contribution in [3.8, 4) is 0 Å². The van der Waals surface area contributed by atoms with Gasteiger partial charge in [0.05, 0.1) is 31.9 Å². The number of carbonyl (C=O) groups is 1. The first kappa shape index (κ1) is 16.9. The molecule has 2 aliphatic rings. The maximum atomic E-state index is 12.3.